The fourth-order valence-electron chi connectivity index (χ4n) is 2.81. The number of rotatable bonds is 8. The van der Waals surface area contributed by atoms with Gasteiger partial charge in [0.2, 0.25) is 15.9 Å². The Balaban J connectivity index is 2.13. The standard InChI is InChI=1S/C20H26ClN3O3S/c1-5-24(6-2)28(26,27)19-12-16(11-10-14(19)3)22-13-20(25)23-18-9-7-8-17(21)15(18)4/h7-12,22H,5-6,13H2,1-4H3,(H,23,25). The van der Waals surface area contributed by atoms with Gasteiger partial charge in [0.1, 0.15) is 0 Å². The predicted octanol–water partition coefficient (Wildman–Crippen LogP) is 4.04. The number of nitrogens with one attached hydrogen (secondary N) is 2. The molecule has 0 aromatic heterocycles. The molecule has 0 bridgehead atoms. The molecule has 152 valence electrons. The third-order valence-electron chi connectivity index (χ3n) is 4.51. The molecule has 6 nitrogen and oxygen atoms in total. The second-order valence-electron chi connectivity index (χ2n) is 6.38. The van der Waals surface area contributed by atoms with Crippen LogP contribution in [0.2, 0.25) is 5.02 Å². The number of amides is 1. The lowest BCUT2D eigenvalue weighted by atomic mass is 10.2. The van der Waals surface area contributed by atoms with Gasteiger partial charge in [-0.1, -0.05) is 37.6 Å². The second-order valence-corrected chi connectivity index (χ2v) is 8.70. The fourth-order valence-corrected chi connectivity index (χ4v) is 4.69. The molecule has 0 aliphatic carbocycles. The van der Waals surface area contributed by atoms with Crippen molar-refractivity contribution in [2.45, 2.75) is 32.6 Å². The Kier molecular flexibility index (Phi) is 7.46. The van der Waals surface area contributed by atoms with Crippen LogP contribution >= 0.6 is 11.6 Å². The second kappa shape index (κ2) is 9.41. The minimum Gasteiger partial charge on any atom is -0.376 e. The number of aryl methyl sites for hydroxylation is 1. The number of carbonyl (C=O) groups is 1. The van der Waals surface area contributed by atoms with Gasteiger partial charge in [-0.25, -0.2) is 8.42 Å². The third-order valence-corrected chi connectivity index (χ3v) is 7.11. The summed E-state index contributed by atoms with van der Waals surface area (Å²) in [7, 11) is -3.57. The summed E-state index contributed by atoms with van der Waals surface area (Å²) >= 11 is 6.07. The van der Waals surface area contributed by atoms with Crippen LogP contribution < -0.4 is 10.6 Å². The van der Waals surface area contributed by atoms with Gasteiger partial charge in [-0.05, 0) is 49.2 Å². The molecule has 2 rings (SSSR count). The zero-order chi connectivity index (χ0) is 20.9. The number of halogens is 1. The van der Waals surface area contributed by atoms with E-state index in [-0.39, 0.29) is 17.3 Å². The number of carbonyl (C=O) groups excluding carboxylic acids is 1. The van der Waals surface area contributed by atoms with Gasteiger partial charge in [-0.15, -0.1) is 0 Å². The molecule has 2 N–H and O–H groups in total. The Hall–Kier alpha value is -2.09. The first kappa shape index (κ1) is 22.2. The first-order valence-electron chi connectivity index (χ1n) is 9.10. The first-order valence-corrected chi connectivity index (χ1v) is 10.9. The summed E-state index contributed by atoms with van der Waals surface area (Å²) in [4.78, 5) is 12.5. The molecular weight excluding hydrogens is 398 g/mol. The molecule has 0 fully saturated rings. The molecule has 0 atom stereocenters. The Morgan fingerprint density at radius 1 is 1.11 bits per heavy atom. The van der Waals surface area contributed by atoms with Gasteiger partial charge < -0.3 is 10.6 Å². The average molecular weight is 424 g/mol. The summed E-state index contributed by atoms with van der Waals surface area (Å²) in [5.41, 5.74) is 2.67. The normalized spacial score (nSPS) is 11.5. The van der Waals surface area contributed by atoms with Crippen LogP contribution in [-0.2, 0) is 14.8 Å². The monoisotopic (exact) mass is 423 g/mol. The highest BCUT2D eigenvalue weighted by Crippen LogP contribution is 2.24. The summed E-state index contributed by atoms with van der Waals surface area (Å²) in [5, 5.41) is 6.37. The zero-order valence-electron chi connectivity index (χ0n) is 16.5. The van der Waals surface area contributed by atoms with Crippen LogP contribution in [0.25, 0.3) is 0 Å². The van der Waals surface area contributed by atoms with Crippen molar-refractivity contribution in [2.24, 2.45) is 0 Å². The molecule has 8 heteroatoms. The maximum absolute atomic E-state index is 12.8. The van der Waals surface area contributed by atoms with Crippen LogP contribution in [0.1, 0.15) is 25.0 Å². The highest BCUT2D eigenvalue weighted by molar-refractivity contribution is 7.89. The SMILES string of the molecule is CCN(CC)S(=O)(=O)c1cc(NCC(=O)Nc2cccc(Cl)c2C)ccc1C. The smallest absolute Gasteiger partial charge is 0.243 e. The van der Waals surface area contributed by atoms with Gasteiger partial charge in [0.25, 0.3) is 0 Å². The molecule has 1 amide bonds. The van der Waals surface area contributed by atoms with E-state index in [1.807, 2.05) is 6.92 Å². The van der Waals surface area contributed by atoms with Crippen molar-refractivity contribution in [3.05, 3.63) is 52.5 Å². The fraction of sp³-hybridized carbons (Fsp3) is 0.350. The van der Waals surface area contributed by atoms with Crippen molar-refractivity contribution >= 4 is 38.9 Å². The number of benzene rings is 2. The molecule has 28 heavy (non-hydrogen) atoms. The molecule has 0 heterocycles. The zero-order valence-corrected chi connectivity index (χ0v) is 18.1. The molecular formula is C20H26ClN3O3S. The van der Waals surface area contributed by atoms with Crippen molar-refractivity contribution < 1.29 is 13.2 Å². The van der Waals surface area contributed by atoms with E-state index >= 15 is 0 Å². The molecule has 2 aromatic carbocycles. The third kappa shape index (κ3) is 5.04. The van der Waals surface area contributed by atoms with Crippen molar-refractivity contribution in [1.82, 2.24) is 4.31 Å². The molecule has 0 aliphatic rings. The first-order chi connectivity index (χ1) is 13.2. The van der Waals surface area contributed by atoms with Crippen molar-refractivity contribution in [1.29, 1.82) is 0 Å². The van der Waals surface area contributed by atoms with Crippen LogP contribution in [-0.4, -0.2) is 38.3 Å². The highest BCUT2D eigenvalue weighted by atomic mass is 35.5. The highest BCUT2D eigenvalue weighted by Gasteiger charge is 2.23. The maximum Gasteiger partial charge on any atom is 0.243 e. The topological polar surface area (TPSA) is 78.5 Å². The number of hydrogen-bond donors (Lipinski definition) is 2. The molecule has 0 saturated carbocycles. The van der Waals surface area contributed by atoms with E-state index < -0.39 is 10.0 Å². The lowest BCUT2D eigenvalue weighted by molar-refractivity contribution is -0.114. The van der Waals surface area contributed by atoms with Crippen LogP contribution in [0.3, 0.4) is 0 Å². The minimum absolute atomic E-state index is 0.000226. The Labute approximate surface area is 171 Å². The van der Waals surface area contributed by atoms with Gasteiger partial charge in [0, 0.05) is 29.5 Å². The molecule has 0 unspecified atom stereocenters. The number of nitrogens with zero attached hydrogens (tertiary/aromatic N) is 1. The van der Waals surface area contributed by atoms with Crippen molar-refractivity contribution in [2.75, 3.05) is 30.3 Å². The van der Waals surface area contributed by atoms with Gasteiger partial charge in [-0.2, -0.15) is 4.31 Å². The summed E-state index contributed by atoms with van der Waals surface area (Å²) < 4.78 is 27.1. The van der Waals surface area contributed by atoms with E-state index in [0.717, 1.165) is 5.56 Å². The van der Waals surface area contributed by atoms with Crippen LogP contribution in [0.15, 0.2) is 41.3 Å². The maximum atomic E-state index is 12.8. The van der Waals surface area contributed by atoms with E-state index in [2.05, 4.69) is 10.6 Å². The Bertz CT molecular complexity index is 957. The quantitative estimate of drug-likeness (QED) is 0.671. The van der Waals surface area contributed by atoms with Crippen molar-refractivity contribution in [3.63, 3.8) is 0 Å². The molecule has 0 radical (unpaired) electrons. The van der Waals surface area contributed by atoms with E-state index in [1.54, 1.807) is 57.2 Å². The van der Waals surface area contributed by atoms with E-state index in [0.29, 0.717) is 35.1 Å². The van der Waals surface area contributed by atoms with Gasteiger partial charge >= 0.3 is 0 Å². The van der Waals surface area contributed by atoms with Gasteiger partial charge in [0.05, 0.1) is 11.4 Å². The van der Waals surface area contributed by atoms with Crippen LogP contribution in [0, 0.1) is 13.8 Å². The summed E-state index contributed by atoms with van der Waals surface area (Å²) in [5.74, 6) is -0.251. The minimum atomic E-state index is -3.57. The van der Waals surface area contributed by atoms with E-state index in [1.165, 1.54) is 4.31 Å². The lowest BCUT2D eigenvalue weighted by Gasteiger charge is -2.20. The summed E-state index contributed by atoms with van der Waals surface area (Å²) in [6.07, 6.45) is 0. The number of hydrogen-bond acceptors (Lipinski definition) is 4. The van der Waals surface area contributed by atoms with Crippen LogP contribution in [0.5, 0.6) is 0 Å². The van der Waals surface area contributed by atoms with Gasteiger partial charge in [-0.3, -0.25) is 4.79 Å². The summed E-state index contributed by atoms with van der Waals surface area (Å²) in [6.45, 7) is 8.00. The number of sulfonamides is 1. The molecule has 2 aromatic rings. The lowest BCUT2D eigenvalue weighted by Crippen LogP contribution is -2.31. The number of anilines is 2. The predicted molar refractivity (Wildman–Crippen MR) is 115 cm³/mol. The molecule has 0 saturated heterocycles. The largest absolute Gasteiger partial charge is 0.376 e. The Morgan fingerprint density at radius 3 is 2.43 bits per heavy atom. The summed E-state index contributed by atoms with van der Waals surface area (Å²) in [6, 6.07) is 10.4. The van der Waals surface area contributed by atoms with Crippen molar-refractivity contribution in [3.8, 4) is 0 Å². The average Bonchev–Trinajstić information content (AvgIpc) is 2.65. The molecule has 0 spiro atoms. The van der Waals surface area contributed by atoms with E-state index in [9.17, 15) is 13.2 Å². The van der Waals surface area contributed by atoms with E-state index in [4.69, 9.17) is 11.6 Å². The van der Waals surface area contributed by atoms with Gasteiger partial charge in [0.15, 0.2) is 0 Å². The molecule has 0 aliphatic heterocycles. The Morgan fingerprint density at radius 2 is 1.79 bits per heavy atom. The van der Waals surface area contributed by atoms with Crippen LogP contribution in [0.4, 0.5) is 11.4 Å².